The second-order valence-corrected chi connectivity index (χ2v) is 7.26. The van der Waals surface area contributed by atoms with Crippen molar-refractivity contribution in [1.82, 2.24) is 0 Å². The maximum Gasteiger partial charge on any atom is 0.261 e. The highest BCUT2D eigenvalue weighted by molar-refractivity contribution is 7.92. The van der Waals surface area contributed by atoms with E-state index >= 15 is 0 Å². The van der Waals surface area contributed by atoms with E-state index in [-0.39, 0.29) is 16.3 Å². The Hall–Kier alpha value is -3.19. The number of anilines is 1. The summed E-state index contributed by atoms with van der Waals surface area (Å²) in [5, 5.41) is 0. The summed E-state index contributed by atoms with van der Waals surface area (Å²) in [6.07, 6.45) is 0. The third-order valence-corrected chi connectivity index (χ3v) is 5.12. The molecule has 3 aromatic rings. The van der Waals surface area contributed by atoms with Gasteiger partial charge >= 0.3 is 0 Å². The molecule has 26 heavy (non-hydrogen) atoms. The molecule has 7 heteroatoms. The summed E-state index contributed by atoms with van der Waals surface area (Å²) in [5.41, 5.74) is 7.11. The van der Waals surface area contributed by atoms with E-state index in [9.17, 15) is 17.6 Å². The lowest BCUT2D eigenvalue weighted by Crippen LogP contribution is -2.14. The van der Waals surface area contributed by atoms with Gasteiger partial charge in [-0.3, -0.25) is 9.52 Å². The Bertz CT molecular complexity index is 1050. The highest BCUT2D eigenvalue weighted by atomic mass is 32.2. The maximum absolute atomic E-state index is 13.1. The lowest BCUT2D eigenvalue weighted by Gasteiger charge is -2.10. The van der Waals surface area contributed by atoms with Crippen LogP contribution in [0.3, 0.4) is 0 Å². The zero-order valence-electron chi connectivity index (χ0n) is 13.5. The number of carbonyl (C=O) groups excluding carboxylic acids is 1. The van der Waals surface area contributed by atoms with Crippen molar-refractivity contribution in [2.24, 2.45) is 5.73 Å². The fraction of sp³-hybridized carbons (Fsp3) is 0. The molecule has 0 spiro atoms. The summed E-state index contributed by atoms with van der Waals surface area (Å²) < 4.78 is 40.7. The largest absolute Gasteiger partial charge is 0.366 e. The van der Waals surface area contributed by atoms with E-state index in [2.05, 4.69) is 4.72 Å². The summed E-state index contributed by atoms with van der Waals surface area (Å²) in [6, 6.07) is 17.9. The molecule has 0 heterocycles. The van der Waals surface area contributed by atoms with Gasteiger partial charge in [0.2, 0.25) is 5.91 Å². The number of amides is 1. The Labute approximate surface area is 150 Å². The molecule has 3 N–H and O–H groups in total. The number of nitrogens with one attached hydrogen (secondary N) is 1. The quantitative estimate of drug-likeness (QED) is 0.721. The summed E-state index contributed by atoms with van der Waals surface area (Å²) in [6.45, 7) is 0. The molecule has 1 amide bonds. The molecule has 0 saturated carbocycles. The molecule has 0 aliphatic heterocycles. The number of hydrogen-bond acceptors (Lipinski definition) is 3. The smallest absolute Gasteiger partial charge is 0.261 e. The number of sulfonamides is 1. The first-order valence-corrected chi connectivity index (χ1v) is 9.12. The van der Waals surface area contributed by atoms with Crippen molar-refractivity contribution in [3.63, 3.8) is 0 Å². The van der Waals surface area contributed by atoms with Crippen LogP contribution in [-0.4, -0.2) is 14.3 Å². The second-order valence-electron chi connectivity index (χ2n) is 5.58. The van der Waals surface area contributed by atoms with Crippen LogP contribution in [0.15, 0.2) is 77.7 Å². The Balaban J connectivity index is 1.88. The zero-order valence-corrected chi connectivity index (χ0v) is 14.3. The lowest BCUT2D eigenvalue weighted by molar-refractivity contribution is 0.100. The number of nitrogens with two attached hydrogens (primary N) is 1. The molecule has 132 valence electrons. The van der Waals surface area contributed by atoms with Crippen molar-refractivity contribution >= 4 is 21.6 Å². The van der Waals surface area contributed by atoms with Gasteiger partial charge in [-0.2, -0.15) is 0 Å². The van der Waals surface area contributed by atoms with Gasteiger partial charge in [-0.1, -0.05) is 24.3 Å². The molecule has 0 aromatic heterocycles. The van der Waals surface area contributed by atoms with Crippen LogP contribution in [0.5, 0.6) is 0 Å². The van der Waals surface area contributed by atoms with Gasteiger partial charge in [-0.15, -0.1) is 0 Å². The fourth-order valence-corrected chi connectivity index (χ4v) is 3.51. The van der Waals surface area contributed by atoms with Crippen molar-refractivity contribution in [3.8, 4) is 11.1 Å². The number of carbonyl (C=O) groups is 1. The van der Waals surface area contributed by atoms with Crippen LogP contribution in [0.2, 0.25) is 0 Å². The van der Waals surface area contributed by atoms with Gasteiger partial charge in [-0.25, -0.2) is 12.8 Å². The van der Waals surface area contributed by atoms with E-state index in [1.165, 1.54) is 48.5 Å². The van der Waals surface area contributed by atoms with Gasteiger partial charge in [0.1, 0.15) is 5.82 Å². The topological polar surface area (TPSA) is 89.3 Å². The molecular formula is C19H15FN2O3S. The van der Waals surface area contributed by atoms with Crippen LogP contribution in [0, 0.1) is 5.82 Å². The molecule has 0 atom stereocenters. The minimum Gasteiger partial charge on any atom is -0.366 e. The predicted molar refractivity (Wildman–Crippen MR) is 97.6 cm³/mol. The highest BCUT2D eigenvalue weighted by Gasteiger charge is 2.15. The van der Waals surface area contributed by atoms with Gasteiger partial charge in [0.05, 0.1) is 4.90 Å². The maximum atomic E-state index is 13.1. The average molecular weight is 370 g/mol. The molecule has 3 rings (SSSR count). The average Bonchev–Trinajstić information content (AvgIpc) is 2.62. The van der Waals surface area contributed by atoms with E-state index < -0.39 is 15.9 Å². The van der Waals surface area contributed by atoms with Crippen LogP contribution >= 0.6 is 0 Å². The Morgan fingerprint density at radius 1 is 0.885 bits per heavy atom. The van der Waals surface area contributed by atoms with Crippen molar-refractivity contribution in [1.29, 1.82) is 0 Å². The first kappa shape index (κ1) is 17.6. The van der Waals surface area contributed by atoms with E-state index in [1.54, 1.807) is 24.3 Å². The number of hydrogen-bond donors (Lipinski definition) is 2. The highest BCUT2D eigenvalue weighted by Crippen LogP contribution is 2.24. The number of rotatable bonds is 5. The van der Waals surface area contributed by atoms with Gasteiger partial charge < -0.3 is 5.73 Å². The van der Waals surface area contributed by atoms with Gasteiger partial charge in [0, 0.05) is 11.3 Å². The van der Waals surface area contributed by atoms with Crippen LogP contribution in [-0.2, 0) is 10.0 Å². The molecule has 0 aliphatic rings. The Morgan fingerprint density at radius 2 is 1.54 bits per heavy atom. The van der Waals surface area contributed by atoms with E-state index in [1.807, 2.05) is 0 Å². The monoisotopic (exact) mass is 370 g/mol. The molecule has 0 bridgehead atoms. The van der Waals surface area contributed by atoms with E-state index in [0.29, 0.717) is 16.8 Å². The lowest BCUT2D eigenvalue weighted by atomic mass is 10.1. The van der Waals surface area contributed by atoms with Crippen LogP contribution < -0.4 is 10.5 Å². The zero-order chi connectivity index (χ0) is 18.7. The molecular weight excluding hydrogens is 355 g/mol. The summed E-state index contributed by atoms with van der Waals surface area (Å²) in [4.78, 5) is 11.1. The van der Waals surface area contributed by atoms with Gasteiger partial charge in [-0.05, 0) is 59.7 Å². The number of halogens is 1. The third-order valence-electron chi connectivity index (χ3n) is 3.74. The van der Waals surface area contributed by atoms with E-state index in [4.69, 9.17) is 5.73 Å². The Kier molecular flexibility index (Phi) is 4.73. The van der Waals surface area contributed by atoms with Crippen molar-refractivity contribution in [2.45, 2.75) is 4.90 Å². The third kappa shape index (κ3) is 3.89. The molecule has 3 aromatic carbocycles. The van der Waals surface area contributed by atoms with Crippen LogP contribution in [0.1, 0.15) is 10.4 Å². The van der Waals surface area contributed by atoms with Crippen molar-refractivity contribution < 1.29 is 17.6 Å². The Morgan fingerprint density at radius 3 is 2.15 bits per heavy atom. The molecule has 0 radical (unpaired) electrons. The van der Waals surface area contributed by atoms with Gasteiger partial charge in [0.25, 0.3) is 10.0 Å². The number of benzene rings is 3. The summed E-state index contributed by atoms with van der Waals surface area (Å²) in [5.74, 6) is -0.954. The molecule has 0 saturated heterocycles. The minimum atomic E-state index is -3.83. The molecule has 0 unspecified atom stereocenters. The second kappa shape index (κ2) is 6.97. The van der Waals surface area contributed by atoms with Crippen molar-refractivity contribution in [2.75, 3.05) is 4.72 Å². The van der Waals surface area contributed by atoms with E-state index in [0.717, 1.165) is 0 Å². The first-order chi connectivity index (χ1) is 12.3. The fourth-order valence-electron chi connectivity index (χ4n) is 2.40. The van der Waals surface area contributed by atoms with Gasteiger partial charge in [0.15, 0.2) is 0 Å². The number of primary amides is 1. The first-order valence-electron chi connectivity index (χ1n) is 7.64. The summed E-state index contributed by atoms with van der Waals surface area (Å²) >= 11 is 0. The predicted octanol–water partition coefficient (Wildman–Crippen LogP) is 3.39. The SMILES string of the molecule is NC(=O)c1ccc(NS(=O)(=O)c2cccc(-c3ccc(F)cc3)c2)cc1. The molecule has 0 aliphatic carbocycles. The van der Waals surface area contributed by atoms with Crippen molar-refractivity contribution in [3.05, 3.63) is 84.2 Å². The minimum absolute atomic E-state index is 0.0679. The van der Waals surface area contributed by atoms with Crippen LogP contribution in [0.25, 0.3) is 11.1 Å². The molecule has 5 nitrogen and oxygen atoms in total. The molecule has 0 fully saturated rings. The van der Waals surface area contributed by atoms with Crippen LogP contribution in [0.4, 0.5) is 10.1 Å². The normalized spacial score (nSPS) is 11.1. The standard InChI is InChI=1S/C19H15FN2O3S/c20-16-8-4-13(5-9-16)15-2-1-3-18(12-15)26(24,25)22-17-10-6-14(7-11-17)19(21)23/h1-12,22H,(H2,21,23). The summed E-state index contributed by atoms with van der Waals surface area (Å²) in [7, 11) is -3.83.